The van der Waals surface area contributed by atoms with Gasteiger partial charge in [0.25, 0.3) is 0 Å². The summed E-state index contributed by atoms with van der Waals surface area (Å²) in [5, 5.41) is 0. The molecule has 0 bridgehead atoms. The number of nitrogens with zero attached hydrogens (tertiary/aromatic N) is 2. The van der Waals surface area contributed by atoms with Crippen LogP contribution in [-0.2, 0) is 0 Å². The number of nitrogens with two attached hydrogens (primary N) is 1. The van der Waals surface area contributed by atoms with Gasteiger partial charge in [-0.2, -0.15) is 0 Å². The van der Waals surface area contributed by atoms with Gasteiger partial charge in [0.15, 0.2) is 0 Å². The van der Waals surface area contributed by atoms with Crippen LogP contribution in [0.1, 0.15) is 38.7 Å². The number of anilines is 2. The minimum absolute atomic E-state index is 0.469. The number of aryl methyl sites for hydroxylation is 1. The average molecular weight is 233 g/mol. The van der Waals surface area contributed by atoms with E-state index < -0.39 is 0 Å². The van der Waals surface area contributed by atoms with Crippen molar-refractivity contribution in [3.63, 3.8) is 0 Å². The van der Waals surface area contributed by atoms with Crippen LogP contribution in [0.15, 0.2) is 12.3 Å². The summed E-state index contributed by atoms with van der Waals surface area (Å²) in [5.74, 6) is 1.11. The van der Waals surface area contributed by atoms with Crippen LogP contribution in [-0.4, -0.2) is 18.1 Å². The number of hydrogen-bond donors (Lipinski definition) is 1. The van der Waals surface area contributed by atoms with Crippen LogP contribution < -0.4 is 10.6 Å². The van der Waals surface area contributed by atoms with Crippen molar-refractivity contribution in [2.75, 3.05) is 23.7 Å². The first-order valence-electron chi connectivity index (χ1n) is 6.45. The Labute approximate surface area is 104 Å². The van der Waals surface area contributed by atoms with E-state index in [0.29, 0.717) is 5.41 Å². The van der Waals surface area contributed by atoms with E-state index in [1.807, 2.05) is 6.07 Å². The Morgan fingerprint density at radius 1 is 1.29 bits per heavy atom. The molecule has 0 aliphatic carbocycles. The van der Waals surface area contributed by atoms with Gasteiger partial charge in [-0.3, -0.25) is 0 Å². The highest BCUT2D eigenvalue weighted by atomic mass is 15.2. The topological polar surface area (TPSA) is 42.1 Å². The van der Waals surface area contributed by atoms with Crippen molar-refractivity contribution in [3.05, 3.63) is 17.8 Å². The highest BCUT2D eigenvalue weighted by molar-refractivity contribution is 5.52. The maximum atomic E-state index is 5.75. The highest BCUT2D eigenvalue weighted by Gasteiger charge is 2.24. The van der Waals surface area contributed by atoms with E-state index in [0.717, 1.165) is 24.6 Å². The van der Waals surface area contributed by atoms with Gasteiger partial charge in [0.05, 0.1) is 11.9 Å². The third kappa shape index (κ3) is 2.90. The fraction of sp³-hybridized carbons (Fsp3) is 0.643. The molecule has 0 saturated carbocycles. The first-order chi connectivity index (χ1) is 7.98. The van der Waals surface area contributed by atoms with Gasteiger partial charge in [-0.15, -0.1) is 0 Å². The van der Waals surface area contributed by atoms with Crippen molar-refractivity contribution < 1.29 is 0 Å². The summed E-state index contributed by atoms with van der Waals surface area (Å²) in [7, 11) is 0. The molecule has 1 aromatic heterocycles. The Hall–Kier alpha value is -1.25. The van der Waals surface area contributed by atoms with Crippen molar-refractivity contribution in [1.82, 2.24) is 4.98 Å². The Morgan fingerprint density at radius 2 is 2.06 bits per heavy atom. The molecular weight excluding hydrogens is 210 g/mol. The van der Waals surface area contributed by atoms with Crippen molar-refractivity contribution in [1.29, 1.82) is 0 Å². The molecule has 1 aromatic rings. The minimum atomic E-state index is 0.469. The summed E-state index contributed by atoms with van der Waals surface area (Å²) < 4.78 is 0. The monoisotopic (exact) mass is 233 g/mol. The van der Waals surface area contributed by atoms with E-state index in [2.05, 4.69) is 30.7 Å². The molecule has 0 aromatic carbocycles. The fourth-order valence-corrected chi connectivity index (χ4v) is 2.56. The zero-order valence-electron chi connectivity index (χ0n) is 11.2. The van der Waals surface area contributed by atoms with E-state index in [9.17, 15) is 0 Å². The lowest BCUT2D eigenvalue weighted by molar-refractivity contribution is 0.325. The van der Waals surface area contributed by atoms with Gasteiger partial charge in [-0.25, -0.2) is 4.98 Å². The van der Waals surface area contributed by atoms with Gasteiger partial charge in [0.1, 0.15) is 5.82 Å². The SMILES string of the molecule is Cc1cc(N)cnc1N1CCCC(C)(C)CC1. The highest BCUT2D eigenvalue weighted by Crippen LogP contribution is 2.32. The molecule has 0 amide bonds. The summed E-state index contributed by atoms with van der Waals surface area (Å²) in [4.78, 5) is 6.90. The lowest BCUT2D eigenvalue weighted by atomic mass is 9.85. The zero-order chi connectivity index (χ0) is 12.5. The molecule has 1 saturated heterocycles. The van der Waals surface area contributed by atoms with Gasteiger partial charge in [-0.1, -0.05) is 13.8 Å². The lowest BCUT2D eigenvalue weighted by Crippen LogP contribution is -2.26. The molecule has 3 heteroatoms. The summed E-state index contributed by atoms with van der Waals surface area (Å²) in [6.45, 7) is 9.03. The predicted octanol–water partition coefficient (Wildman–Crippen LogP) is 2.99. The number of nitrogen functional groups attached to an aromatic ring is 1. The van der Waals surface area contributed by atoms with Crippen LogP contribution >= 0.6 is 0 Å². The van der Waals surface area contributed by atoms with Gasteiger partial charge in [0.2, 0.25) is 0 Å². The molecule has 2 N–H and O–H groups in total. The summed E-state index contributed by atoms with van der Waals surface area (Å²) in [5.41, 5.74) is 8.15. The molecule has 17 heavy (non-hydrogen) atoms. The Balaban J connectivity index is 2.17. The molecule has 2 heterocycles. The first-order valence-corrected chi connectivity index (χ1v) is 6.45. The average Bonchev–Trinajstić information content (AvgIpc) is 2.40. The molecule has 1 aliphatic heterocycles. The van der Waals surface area contributed by atoms with Crippen LogP contribution in [0.5, 0.6) is 0 Å². The van der Waals surface area contributed by atoms with Gasteiger partial charge >= 0.3 is 0 Å². The lowest BCUT2D eigenvalue weighted by Gasteiger charge is -2.25. The van der Waals surface area contributed by atoms with Crippen LogP contribution in [0.25, 0.3) is 0 Å². The minimum Gasteiger partial charge on any atom is -0.397 e. The van der Waals surface area contributed by atoms with Gasteiger partial charge in [0, 0.05) is 13.1 Å². The molecule has 0 atom stereocenters. The van der Waals surface area contributed by atoms with E-state index in [-0.39, 0.29) is 0 Å². The zero-order valence-corrected chi connectivity index (χ0v) is 11.2. The Morgan fingerprint density at radius 3 is 2.76 bits per heavy atom. The molecule has 0 radical (unpaired) electrons. The molecule has 2 rings (SSSR count). The predicted molar refractivity (Wildman–Crippen MR) is 73.2 cm³/mol. The number of rotatable bonds is 1. The van der Waals surface area contributed by atoms with E-state index in [1.54, 1.807) is 6.20 Å². The van der Waals surface area contributed by atoms with Crippen molar-refractivity contribution in [3.8, 4) is 0 Å². The molecule has 3 nitrogen and oxygen atoms in total. The second-order valence-corrected chi connectivity index (χ2v) is 5.91. The molecular formula is C14H23N3. The summed E-state index contributed by atoms with van der Waals surface area (Å²) >= 11 is 0. The maximum absolute atomic E-state index is 5.75. The number of aromatic nitrogens is 1. The van der Waals surface area contributed by atoms with E-state index in [1.165, 1.54) is 24.8 Å². The van der Waals surface area contributed by atoms with Crippen molar-refractivity contribution in [2.24, 2.45) is 5.41 Å². The van der Waals surface area contributed by atoms with Gasteiger partial charge in [-0.05, 0) is 43.2 Å². The molecule has 94 valence electrons. The van der Waals surface area contributed by atoms with Crippen LogP contribution in [0.4, 0.5) is 11.5 Å². The van der Waals surface area contributed by atoms with Crippen molar-refractivity contribution in [2.45, 2.75) is 40.0 Å². The maximum Gasteiger partial charge on any atom is 0.131 e. The van der Waals surface area contributed by atoms with Crippen LogP contribution in [0.2, 0.25) is 0 Å². The van der Waals surface area contributed by atoms with Crippen molar-refractivity contribution >= 4 is 11.5 Å². The van der Waals surface area contributed by atoms with E-state index in [4.69, 9.17) is 5.73 Å². The summed E-state index contributed by atoms with van der Waals surface area (Å²) in [6.07, 6.45) is 5.55. The Kier molecular flexibility index (Phi) is 3.27. The quantitative estimate of drug-likeness (QED) is 0.811. The standard InChI is InChI=1S/C14H23N3/c1-11-9-12(15)10-16-13(11)17-7-4-5-14(2,3)6-8-17/h9-10H,4-8,15H2,1-3H3. The molecule has 1 fully saturated rings. The first kappa shape index (κ1) is 12.2. The smallest absolute Gasteiger partial charge is 0.131 e. The Bertz CT molecular complexity index is 398. The number of hydrogen-bond acceptors (Lipinski definition) is 3. The third-order valence-corrected chi connectivity index (χ3v) is 3.71. The fourth-order valence-electron chi connectivity index (χ4n) is 2.56. The van der Waals surface area contributed by atoms with Crippen LogP contribution in [0, 0.1) is 12.3 Å². The normalized spacial score (nSPS) is 20.1. The molecule has 0 unspecified atom stereocenters. The molecule has 1 aliphatic rings. The third-order valence-electron chi connectivity index (χ3n) is 3.71. The van der Waals surface area contributed by atoms with Gasteiger partial charge < -0.3 is 10.6 Å². The second-order valence-electron chi connectivity index (χ2n) is 5.91. The molecule has 0 spiro atoms. The number of pyridine rings is 1. The van der Waals surface area contributed by atoms with E-state index >= 15 is 0 Å². The van der Waals surface area contributed by atoms with Crippen LogP contribution in [0.3, 0.4) is 0 Å². The second kappa shape index (κ2) is 4.55. The largest absolute Gasteiger partial charge is 0.397 e. The summed E-state index contributed by atoms with van der Waals surface area (Å²) in [6, 6.07) is 2.01.